The molecular weight excluding hydrogens is 240 g/mol. The number of nitrogens with one attached hydrogen (secondary N) is 1. The maximum atomic E-state index is 12.6. The van der Waals surface area contributed by atoms with Crippen molar-refractivity contribution in [3.63, 3.8) is 0 Å². The Bertz CT molecular complexity index is 277. The highest BCUT2D eigenvalue weighted by Crippen LogP contribution is 2.37. The summed E-state index contributed by atoms with van der Waals surface area (Å²) in [5, 5.41) is 1.89. The lowest BCUT2D eigenvalue weighted by Gasteiger charge is -2.27. The largest absolute Gasteiger partial charge is 0.349 e. The number of halogens is 4. The minimum Gasteiger partial charge on any atom is -0.349 e. The molecule has 0 aromatic heterocycles. The van der Waals surface area contributed by atoms with E-state index in [0.29, 0.717) is 12.8 Å². The second kappa shape index (κ2) is 5.20. The molecule has 1 rings (SSSR count). The molecule has 0 aromatic rings. The van der Waals surface area contributed by atoms with Crippen molar-refractivity contribution in [2.24, 2.45) is 11.1 Å². The molecule has 7 heteroatoms. The molecule has 100 valence electrons. The molecule has 0 aliphatic heterocycles. The number of carbonyl (C=O) groups excluding carboxylic acids is 1. The lowest BCUT2D eigenvalue weighted by Crippen LogP contribution is -2.49. The minimum absolute atomic E-state index is 0.0546. The molecule has 0 bridgehead atoms. The van der Waals surface area contributed by atoms with E-state index in [2.05, 4.69) is 0 Å². The van der Waals surface area contributed by atoms with Crippen LogP contribution in [0.15, 0.2) is 0 Å². The lowest BCUT2D eigenvalue weighted by atomic mass is 9.85. The summed E-state index contributed by atoms with van der Waals surface area (Å²) in [6.45, 7) is -1.29. The Hall–Kier alpha value is -0.850. The summed E-state index contributed by atoms with van der Waals surface area (Å²) in [6, 6.07) is 0. The summed E-state index contributed by atoms with van der Waals surface area (Å²) in [6.07, 6.45) is -1.13. The van der Waals surface area contributed by atoms with Crippen molar-refractivity contribution >= 4 is 5.91 Å². The van der Waals surface area contributed by atoms with Gasteiger partial charge in [0.05, 0.1) is 12.0 Å². The van der Waals surface area contributed by atoms with Crippen molar-refractivity contribution in [3.8, 4) is 0 Å². The van der Waals surface area contributed by atoms with E-state index in [1.165, 1.54) is 0 Å². The second-order valence-electron chi connectivity index (χ2n) is 4.44. The zero-order valence-electron chi connectivity index (χ0n) is 9.32. The van der Waals surface area contributed by atoms with E-state index >= 15 is 0 Å². The molecule has 0 unspecified atom stereocenters. The van der Waals surface area contributed by atoms with Crippen LogP contribution in [0.25, 0.3) is 0 Å². The standard InChI is InChI=1S/C10H16F4N2O/c11-7(12)10(13,14)6-16-8(17)9(5-15)3-1-2-4-9/h7H,1-6,15H2,(H,16,17). The Balaban J connectivity index is 2.54. The van der Waals surface area contributed by atoms with Gasteiger partial charge in [-0.3, -0.25) is 4.79 Å². The van der Waals surface area contributed by atoms with Gasteiger partial charge in [0.1, 0.15) is 0 Å². The topological polar surface area (TPSA) is 55.1 Å². The van der Waals surface area contributed by atoms with Gasteiger partial charge in [0, 0.05) is 6.54 Å². The van der Waals surface area contributed by atoms with Crippen LogP contribution >= 0.6 is 0 Å². The Kier molecular flexibility index (Phi) is 4.35. The molecular formula is C10H16F4N2O. The molecule has 1 fully saturated rings. The van der Waals surface area contributed by atoms with Crippen molar-refractivity contribution in [2.45, 2.75) is 38.0 Å². The highest BCUT2D eigenvalue weighted by Gasteiger charge is 2.44. The van der Waals surface area contributed by atoms with Gasteiger partial charge in [-0.1, -0.05) is 12.8 Å². The third kappa shape index (κ3) is 3.08. The van der Waals surface area contributed by atoms with Gasteiger partial charge < -0.3 is 11.1 Å². The number of hydrogen-bond acceptors (Lipinski definition) is 2. The molecule has 1 saturated carbocycles. The van der Waals surface area contributed by atoms with Crippen molar-refractivity contribution in [2.75, 3.05) is 13.1 Å². The minimum atomic E-state index is -4.19. The summed E-state index contributed by atoms with van der Waals surface area (Å²) in [4.78, 5) is 11.7. The average Bonchev–Trinajstić information content (AvgIpc) is 2.75. The Morgan fingerprint density at radius 3 is 2.29 bits per heavy atom. The quantitative estimate of drug-likeness (QED) is 0.733. The third-order valence-electron chi connectivity index (χ3n) is 3.24. The van der Waals surface area contributed by atoms with Crippen molar-refractivity contribution in [1.82, 2.24) is 5.32 Å². The molecule has 0 aromatic carbocycles. The summed E-state index contributed by atoms with van der Waals surface area (Å²) < 4.78 is 49.0. The van der Waals surface area contributed by atoms with Crippen LogP contribution in [0.4, 0.5) is 17.6 Å². The maximum absolute atomic E-state index is 12.6. The molecule has 0 atom stereocenters. The number of nitrogens with two attached hydrogens (primary N) is 1. The SMILES string of the molecule is NCC1(C(=O)NCC(F)(F)C(F)F)CCCC1. The van der Waals surface area contributed by atoms with Gasteiger partial charge in [0.15, 0.2) is 0 Å². The predicted molar refractivity (Wildman–Crippen MR) is 53.9 cm³/mol. The van der Waals surface area contributed by atoms with Crippen LogP contribution in [0, 0.1) is 5.41 Å². The number of amides is 1. The van der Waals surface area contributed by atoms with Crippen LogP contribution < -0.4 is 11.1 Å². The number of rotatable bonds is 5. The van der Waals surface area contributed by atoms with Crippen LogP contribution in [-0.2, 0) is 4.79 Å². The van der Waals surface area contributed by atoms with Crippen LogP contribution in [0.1, 0.15) is 25.7 Å². The van der Waals surface area contributed by atoms with Gasteiger partial charge in [-0.2, -0.15) is 8.78 Å². The van der Waals surface area contributed by atoms with Gasteiger partial charge in [-0.15, -0.1) is 0 Å². The first-order valence-electron chi connectivity index (χ1n) is 5.48. The van der Waals surface area contributed by atoms with Gasteiger partial charge in [0.25, 0.3) is 0 Å². The molecule has 1 aliphatic carbocycles. The van der Waals surface area contributed by atoms with Crippen molar-refractivity contribution in [3.05, 3.63) is 0 Å². The van der Waals surface area contributed by atoms with Crippen LogP contribution in [0.2, 0.25) is 0 Å². The van der Waals surface area contributed by atoms with Gasteiger partial charge in [-0.05, 0) is 12.8 Å². The molecule has 17 heavy (non-hydrogen) atoms. The summed E-state index contributed by atoms with van der Waals surface area (Å²) >= 11 is 0. The summed E-state index contributed by atoms with van der Waals surface area (Å²) in [7, 11) is 0. The van der Waals surface area contributed by atoms with E-state index < -0.39 is 30.2 Å². The van der Waals surface area contributed by atoms with Crippen molar-refractivity contribution in [1.29, 1.82) is 0 Å². The predicted octanol–water partition coefficient (Wildman–Crippen LogP) is 1.52. The molecule has 0 saturated heterocycles. The molecule has 1 aliphatic rings. The molecule has 0 heterocycles. The van der Waals surface area contributed by atoms with E-state index in [9.17, 15) is 22.4 Å². The highest BCUT2D eigenvalue weighted by molar-refractivity contribution is 5.83. The van der Waals surface area contributed by atoms with Crippen LogP contribution in [-0.4, -0.2) is 31.3 Å². The highest BCUT2D eigenvalue weighted by atomic mass is 19.3. The fraction of sp³-hybridized carbons (Fsp3) is 0.900. The van der Waals surface area contributed by atoms with Gasteiger partial charge in [0.2, 0.25) is 5.91 Å². The monoisotopic (exact) mass is 256 g/mol. The fourth-order valence-corrected chi connectivity index (χ4v) is 2.04. The first kappa shape index (κ1) is 14.2. The van der Waals surface area contributed by atoms with Gasteiger partial charge >= 0.3 is 12.3 Å². The van der Waals surface area contributed by atoms with E-state index in [0.717, 1.165) is 12.8 Å². The normalized spacial score (nSPS) is 19.6. The van der Waals surface area contributed by atoms with Crippen molar-refractivity contribution < 1.29 is 22.4 Å². The molecule has 0 radical (unpaired) electrons. The van der Waals surface area contributed by atoms with E-state index in [1.54, 1.807) is 0 Å². The molecule has 3 N–H and O–H groups in total. The Labute approximate surface area is 96.7 Å². The summed E-state index contributed by atoms with van der Waals surface area (Å²) in [5.74, 6) is -4.83. The second-order valence-corrected chi connectivity index (χ2v) is 4.44. The van der Waals surface area contributed by atoms with E-state index in [1.807, 2.05) is 5.32 Å². The third-order valence-corrected chi connectivity index (χ3v) is 3.24. The molecule has 3 nitrogen and oxygen atoms in total. The van der Waals surface area contributed by atoms with E-state index in [-0.39, 0.29) is 6.54 Å². The molecule has 0 spiro atoms. The smallest absolute Gasteiger partial charge is 0.324 e. The Morgan fingerprint density at radius 1 is 1.35 bits per heavy atom. The van der Waals surface area contributed by atoms with Crippen LogP contribution in [0.3, 0.4) is 0 Å². The summed E-state index contributed by atoms with van der Waals surface area (Å²) in [5.41, 5.74) is 4.62. The average molecular weight is 256 g/mol. The maximum Gasteiger partial charge on any atom is 0.324 e. The van der Waals surface area contributed by atoms with E-state index in [4.69, 9.17) is 5.73 Å². The molecule has 1 amide bonds. The number of alkyl halides is 4. The first-order chi connectivity index (χ1) is 7.84. The number of carbonyl (C=O) groups is 1. The van der Waals surface area contributed by atoms with Crippen LogP contribution in [0.5, 0.6) is 0 Å². The fourth-order valence-electron chi connectivity index (χ4n) is 2.04. The lowest BCUT2D eigenvalue weighted by molar-refractivity contribution is -0.142. The van der Waals surface area contributed by atoms with Gasteiger partial charge in [-0.25, -0.2) is 8.78 Å². The Morgan fingerprint density at radius 2 is 1.88 bits per heavy atom. The first-order valence-corrected chi connectivity index (χ1v) is 5.48. The number of hydrogen-bond donors (Lipinski definition) is 2. The zero-order valence-corrected chi connectivity index (χ0v) is 9.32. The zero-order chi connectivity index (χ0) is 13.1.